The molecule has 1 aromatic heterocycles. The molecule has 0 saturated carbocycles. The summed E-state index contributed by atoms with van der Waals surface area (Å²) in [6.07, 6.45) is -2.97. The Morgan fingerprint density at radius 2 is 1.61 bits per heavy atom. The van der Waals surface area contributed by atoms with Crippen LogP contribution in [-0.2, 0) is 6.18 Å². The Balaban J connectivity index is 1.94. The van der Waals surface area contributed by atoms with Crippen LogP contribution in [0.4, 0.5) is 18.9 Å². The van der Waals surface area contributed by atoms with E-state index in [1.54, 1.807) is 56.1 Å². The number of benzene rings is 3. The fourth-order valence-corrected chi connectivity index (χ4v) is 4.29. The monoisotopic (exact) mass is 513 g/mol. The number of ether oxygens (including phenoxy) is 3. The molecular weight excluding hydrogens is 491 g/mol. The zero-order valence-electron chi connectivity index (χ0n) is 19.6. The number of para-hydroxylation sites is 1. The van der Waals surface area contributed by atoms with Crippen LogP contribution in [0.15, 0.2) is 82.2 Å². The molecule has 3 aromatic carbocycles. The van der Waals surface area contributed by atoms with Crippen LogP contribution >= 0.6 is 11.3 Å². The molecule has 0 saturated heterocycles. The zero-order valence-corrected chi connectivity index (χ0v) is 20.4. The second kappa shape index (κ2) is 10.7. The van der Waals surface area contributed by atoms with Crippen molar-refractivity contribution in [2.24, 2.45) is 10.1 Å². The molecule has 0 amide bonds. The van der Waals surface area contributed by atoms with Crippen molar-refractivity contribution in [2.45, 2.75) is 6.18 Å². The van der Waals surface area contributed by atoms with Gasteiger partial charge in [0, 0.05) is 10.9 Å². The fourth-order valence-electron chi connectivity index (χ4n) is 3.45. The van der Waals surface area contributed by atoms with Gasteiger partial charge in [0.15, 0.2) is 0 Å². The molecule has 4 aromatic rings. The lowest BCUT2D eigenvalue weighted by Crippen LogP contribution is -2.13. The zero-order chi connectivity index (χ0) is 25.7. The lowest BCUT2D eigenvalue weighted by atomic mass is 10.1. The van der Waals surface area contributed by atoms with Crippen LogP contribution in [-0.4, -0.2) is 32.2 Å². The van der Waals surface area contributed by atoms with Crippen LogP contribution in [0.3, 0.4) is 0 Å². The number of halogens is 3. The van der Waals surface area contributed by atoms with Gasteiger partial charge in [-0.15, -0.1) is 11.3 Å². The van der Waals surface area contributed by atoms with Crippen LogP contribution in [0.25, 0.3) is 11.3 Å². The van der Waals surface area contributed by atoms with Gasteiger partial charge in [-0.1, -0.05) is 24.3 Å². The van der Waals surface area contributed by atoms with E-state index in [1.807, 2.05) is 12.1 Å². The van der Waals surface area contributed by atoms with E-state index < -0.39 is 11.7 Å². The number of aromatic nitrogens is 1. The lowest BCUT2D eigenvalue weighted by Gasteiger charge is -2.11. The van der Waals surface area contributed by atoms with Crippen molar-refractivity contribution in [3.63, 3.8) is 0 Å². The predicted octanol–water partition coefficient (Wildman–Crippen LogP) is 6.38. The molecule has 36 heavy (non-hydrogen) atoms. The Bertz CT molecular complexity index is 1460. The predicted molar refractivity (Wildman–Crippen MR) is 134 cm³/mol. The maximum absolute atomic E-state index is 13.6. The number of hydrogen-bond acceptors (Lipinski definition) is 6. The Labute approximate surface area is 209 Å². The van der Waals surface area contributed by atoms with Gasteiger partial charge in [0.05, 0.1) is 44.5 Å². The van der Waals surface area contributed by atoms with E-state index >= 15 is 0 Å². The first kappa shape index (κ1) is 25.1. The van der Waals surface area contributed by atoms with Gasteiger partial charge in [-0.05, 0) is 48.0 Å². The number of rotatable bonds is 7. The highest BCUT2D eigenvalue weighted by atomic mass is 32.1. The third-order valence-corrected chi connectivity index (χ3v) is 6.03. The average molecular weight is 514 g/mol. The third-order valence-electron chi connectivity index (χ3n) is 5.21. The first-order valence-corrected chi connectivity index (χ1v) is 11.5. The minimum Gasteiger partial charge on any atom is -0.497 e. The molecule has 10 heteroatoms. The molecule has 0 bridgehead atoms. The van der Waals surface area contributed by atoms with E-state index in [0.29, 0.717) is 28.5 Å². The number of nitrogens with zero attached hydrogens (tertiary/aromatic N) is 3. The molecular formula is C26H22F3N3O3S. The standard InChI is InChI=1S/C26H22F3N3O3S/c1-33-18-8-6-7-17(13-18)15-30-32-23(20-14-19(34-2)11-12-24(20)35-3)16-36-25(32)31-22-10-5-4-9-21(22)26(27,28)29/h4-16H,1-3H3/b30-15-,31-25?. The van der Waals surface area contributed by atoms with Crippen molar-refractivity contribution in [2.75, 3.05) is 21.3 Å². The fraction of sp³-hybridized carbons (Fsp3) is 0.154. The third kappa shape index (κ3) is 5.44. The molecule has 0 unspecified atom stereocenters. The molecule has 0 spiro atoms. The van der Waals surface area contributed by atoms with Crippen molar-refractivity contribution in [1.82, 2.24) is 4.68 Å². The van der Waals surface area contributed by atoms with Crippen molar-refractivity contribution < 1.29 is 27.4 Å². The molecule has 0 fully saturated rings. The van der Waals surface area contributed by atoms with E-state index in [-0.39, 0.29) is 10.5 Å². The van der Waals surface area contributed by atoms with Gasteiger partial charge in [-0.25, -0.2) is 9.67 Å². The summed E-state index contributed by atoms with van der Waals surface area (Å²) in [4.78, 5) is 4.59. The minimum absolute atomic E-state index is 0.207. The molecule has 0 atom stereocenters. The van der Waals surface area contributed by atoms with Gasteiger partial charge in [-0.2, -0.15) is 18.3 Å². The van der Waals surface area contributed by atoms with E-state index in [9.17, 15) is 13.2 Å². The summed E-state index contributed by atoms with van der Waals surface area (Å²) in [5.74, 6) is 1.77. The summed E-state index contributed by atoms with van der Waals surface area (Å²) in [6.45, 7) is 0. The summed E-state index contributed by atoms with van der Waals surface area (Å²) in [5, 5.41) is 6.34. The molecule has 6 nitrogen and oxygen atoms in total. The first-order chi connectivity index (χ1) is 17.3. The van der Waals surface area contributed by atoms with E-state index in [4.69, 9.17) is 14.2 Å². The smallest absolute Gasteiger partial charge is 0.418 e. The molecule has 0 aliphatic carbocycles. The minimum atomic E-state index is -4.55. The van der Waals surface area contributed by atoms with E-state index in [2.05, 4.69) is 10.1 Å². The maximum atomic E-state index is 13.6. The second-order valence-corrected chi connectivity index (χ2v) is 8.27. The van der Waals surface area contributed by atoms with Crippen LogP contribution < -0.4 is 19.0 Å². The molecule has 186 valence electrons. The van der Waals surface area contributed by atoms with Crippen LogP contribution in [0.5, 0.6) is 17.2 Å². The number of hydrogen-bond donors (Lipinski definition) is 0. The summed E-state index contributed by atoms with van der Waals surface area (Å²) >= 11 is 1.15. The molecule has 0 aliphatic rings. The highest BCUT2D eigenvalue weighted by Gasteiger charge is 2.33. The summed E-state index contributed by atoms with van der Waals surface area (Å²) in [7, 11) is 4.64. The molecule has 0 radical (unpaired) electrons. The van der Waals surface area contributed by atoms with Gasteiger partial charge in [0.2, 0.25) is 4.80 Å². The van der Waals surface area contributed by atoms with Gasteiger partial charge < -0.3 is 14.2 Å². The van der Waals surface area contributed by atoms with Crippen LogP contribution in [0.1, 0.15) is 11.1 Å². The lowest BCUT2D eigenvalue weighted by molar-refractivity contribution is -0.137. The van der Waals surface area contributed by atoms with Gasteiger partial charge in [0.1, 0.15) is 17.2 Å². The summed E-state index contributed by atoms with van der Waals surface area (Å²) in [6, 6.07) is 17.7. The maximum Gasteiger partial charge on any atom is 0.418 e. The molecule has 0 aliphatic heterocycles. The molecule has 0 N–H and O–H groups in total. The Hall–Kier alpha value is -4.05. The first-order valence-electron chi connectivity index (χ1n) is 10.7. The summed E-state index contributed by atoms with van der Waals surface area (Å²) < 4.78 is 58.5. The Kier molecular flexibility index (Phi) is 7.44. The van der Waals surface area contributed by atoms with Crippen LogP contribution in [0.2, 0.25) is 0 Å². The summed E-state index contributed by atoms with van der Waals surface area (Å²) in [5.41, 5.74) is 0.904. The van der Waals surface area contributed by atoms with Crippen molar-refractivity contribution >= 4 is 23.2 Å². The van der Waals surface area contributed by atoms with E-state index in [0.717, 1.165) is 23.0 Å². The number of alkyl halides is 3. The van der Waals surface area contributed by atoms with Gasteiger partial charge in [-0.3, -0.25) is 0 Å². The topological polar surface area (TPSA) is 57.3 Å². The highest BCUT2D eigenvalue weighted by molar-refractivity contribution is 7.07. The Morgan fingerprint density at radius 1 is 0.861 bits per heavy atom. The van der Waals surface area contributed by atoms with Gasteiger partial charge in [0.25, 0.3) is 0 Å². The molecule has 4 rings (SSSR count). The van der Waals surface area contributed by atoms with E-state index in [1.165, 1.54) is 30.0 Å². The van der Waals surface area contributed by atoms with Crippen molar-refractivity contribution in [3.8, 4) is 28.5 Å². The normalized spacial score (nSPS) is 12.2. The molecule has 1 heterocycles. The number of methoxy groups -OCH3 is 3. The van der Waals surface area contributed by atoms with Crippen molar-refractivity contribution in [1.29, 1.82) is 0 Å². The second-order valence-electron chi connectivity index (χ2n) is 7.43. The quantitative estimate of drug-likeness (QED) is 0.270. The van der Waals surface area contributed by atoms with Crippen molar-refractivity contribution in [3.05, 3.63) is 88.0 Å². The Morgan fingerprint density at radius 3 is 2.33 bits per heavy atom. The SMILES string of the molecule is COc1cccc(/C=N\n2c(-c3cc(OC)ccc3OC)csc2=Nc2ccccc2C(F)(F)F)c1. The highest BCUT2D eigenvalue weighted by Crippen LogP contribution is 2.37. The average Bonchev–Trinajstić information content (AvgIpc) is 3.28. The van der Waals surface area contributed by atoms with Gasteiger partial charge >= 0.3 is 6.18 Å². The largest absolute Gasteiger partial charge is 0.497 e. The van der Waals surface area contributed by atoms with Crippen LogP contribution in [0, 0.1) is 0 Å². The number of thiazole rings is 1.